The van der Waals surface area contributed by atoms with Crippen LogP contribution in [0.1, 0.15) is 49.9 Å². The SMILES string of the molecule is CCCCNC(=O)c1ccc(OCCCC)c(OC)c1. The average molecular weight is 279 g/mol. The molecule has 0 aromatic heterocycles. The van der Waals surface area contributed by atoms with E-state index in [0.717, 1.165) is 25.7 Å². The van der Waals surface area contributed by atoms with Gasteiger partial charge in [0, 0.05) is 12.1 Å². The van der Waals surface area contributed by atoms with Crippen molar-refractivity contribution >= 4 is 5.91 Å². The molecule has 0 bridgehead atoms. The average Bonchev–Trinajstić information content (AvgIpc) is 2.47. The molecule has 112 valence electrons. The topological polar surface area (TPSA) is 47.6 Å². The van der Waals surface area contributed by atoms with Gasteiger partial charge in [-0.1, -0.05) is 26.7 Å². The molecule has 0 aliphatic carbocycles. The Bertz CT molecular complexity index is 418. The molecule has 4 nitrogen and oxygen atoms in total. The van der Waals surface area contributed by atoms with Crippen molar-refractivity contribution in [3.05, 3.63) is 23.8 Å². The van der Waals surface area contributed by atoms with E-state index in [1.165, 1.54) is 0 Å². The van der Waals surface area contributed by atoms with E-state index in [1.54, 1.807) is 25.3 Å². The molecule has 1 rings (SSSR count). The third-order valence-electron chi connectivity index (χ3n) is 3.00. The van der Waals surface area contributed by atoms with Gasteiger partial charge in [0.05, 0.1) is 13.7 Å². The molecule has 0 unspecified atom stereocenters. The molecule has 1 aromatic carbocycles. The lowest BCUT2D eigenvalue weighted by Crippen LogP contribution is -2.24. The van der Waals surface area contributed by atoms with Gasteiger partial charge < -0.3 is 14.8 Å². The van der Waals surface area contributed by atoms with Crippen molar-refractivity contribution in [2.45, 2.75) is 39.5 Å². The summed E-state index contributed by atoms with van der Waals surface area (Å²) in [5.74, 6) is 1.21. The summed E-state index contributed by atoms with van der Waals surface area (Å²) in [4.78, 5) is 12.0. The number of nitrogens with one attached hydrogen (secondary N) is 1. The standard InChI is InChI=1S/C16H25NO3/c1-4-6-10-17-16(18)13-8-9-14(15(12-13)19-3)20-11-7-5-2/h8-9,12H,4-7,10-11H2,1-3H3,(H,17,18). The number of benzene rings is 1. The van der Waals surface area contributed by atoms with Crippen LogP contribution in [0.4, 0.5) is 0 Å². The highest BCUT2D eigenvalue weighted by molar-refractivity contribution is 5.94. The Balaban J connectivity index is 2.68. The number of carbonyl (C=O) groups is 1. The van der Waals surface area contributed by atoms with Gasteiger partial charge in [-0.2, -0.15) is 0 Å². The zero-order valence-corrected chi connectivity index (χ0v) is 12.7. The number of hydrogen-bond donors (Lipinski definition) is 1. The zero-order chi connectivity index (χ0) is 14.8. The van der Waals surface area contributed by atoms with E-state index in [4.69, 9.17) is 9.47 Å². The van der Waals surface area contributed by atoms with Gasteiger partial charge in [0.2, 0.25) is 0 Å². The minimum absolute atomic E-state index is 0.0724. The van der Waals surface area contributed by atoms with Crippen LogP contribution in [0.3, 0.4) is 0 Å². The number of rotatable bonds is 9. The van der Waals surface area contributed by atoms with Gasteiger partial charge in [-0.15, -0.1) is 0 Å². The van der Waals surface area contributed by atoms with Crippen molar-refractivity contribution in [3.63, 3.8) is 0 Å². The lowest BCUT2D eigenvalue weighted by Gasteiger charge is -2.12. The molecule has 0 fully saturated rings. The quantitative estimate of drug-likeness (QED) is 0.705. The monoisotopic (exact) mass is 279 g/mol. The molecule has 20 heavy (non-hydrogen) atoms. The van der Waals surface area contributed by atoms with E-state index in [-0.39, 0.29) is 5.91 Å². The number of carbonyl (C=O) groups excluding carboxylic acids is 1. The molecular weight excluding hydrogens is 254 g/mol. The summed E-state index contributed by atoms with van der Waals surface area (Å²) in [6.07, 6.45) is 4.14. The fourth-order valence-corrected chi connectivity index (χ4v) is 1.74. The Hall–Kier alpha value is -1.71. The largest absolute Gasteiger partial charge is 0.493 e. The summed E-state index contributed by atoms with van der Waals surface area (Å²) in [6, 6.07) is 5.29. The van der Waals surface area contributed by atoms with Crippen molar-refractivity contribution in [2.75, 3.05) is 20.3 Å². The van der Waals surface area contributed by atoms with Gasteiger partial charge in [0.1, 0.15) is 0 Å². The van der Waals surface area contributed by atoms with E-state index in [9.17, 15) is 4.79 Å². The molecule has 1 N–H and O–H groups in total. The van der Waals surface area contributed by atoms with Gasteiger partial charge >= 0.3 is 0 Å². The van der Waals surface area contributed by atoms with Gasteiger partial charge in [-0.25, -0.2) is 0 Å². The molecule has 0 aliphatic heterocycles. The van der Waals surface area contributed by atoms with E-state index < -0.39 is 0 Å². The first-order valence-corrected chi connectivity index (χ1v) is 7.32. The molecule has 4 heteroatoms. The number of ether oxygens (including phenoxy) is 2. The number of methoxy groups -OCH3 is 1. The number of unbranched alkanes of at least 4 members (excludes halogenated alkanes) is 2. The van der Waals surface area contributed by atoms with Crippen LogP contribution in [-0.4, -0.2) is 26.2 Å². The molecule has 0 spiro atoms. The van der Waals surface area contributed by atoms with E-state index in [1.807, 2.05) is 0 Å². The van der Waals surface area contributed by atoms with Crippen LogP contribution in [-0.2, 0) is 0 Å². The second kappa shape index (κ2) is 9.23. The maximum atomic E-state index is 12.0. The molecule has 0 saturated heterocycles. The van der Waals surface area contributed by atoms with Gasteiger partial charge in [0.25, 0.3) is 5.91 Å². The van der Waals surface area contributed by atoms with Crippen molar-refractivity contribution in [2.24, 2.45) is 0 Å². The first kappa shape index (κ1) is 16.3. The van der Waals surface area contributed by atoms with Crippen molar-refractivity contribution in [3.8, 4) is 11.5 Å². The summed E-state index contributed by atoms with van der Waals surface area (Å²) in [5.41, 5.74) is 0.598. The van der Waals surface area contributed by atoms with Crippen molar-refractivity contribution < 1.29 is 14.3 Å². The van der Waals surface area contributed by atoms with Crippen LogP contribution in [0.2, 0.25) is 0 Å². The molecule has 0 atom stereocenters. The van der Waals surface area contributed by atoms with Crippen LogP contribution in [0.25, 0.3) is 0 Å². The first-order valence-electron chi connectivity index (χ1n) is 7.32. The Labute approximate surface area is 121 Å². The molecule has 1 aromatic rings. The summed E-state index contributed by atoms with van der Waals surface area (Å²) in [6.45, 7) is 5.57. The first-order chi connectivity index (χ1) is 9.72. The van der Waals surface area contributed by atoms with Crippen molar-refractivity contribution in [1.82, 2.24) is 5.32 Å². The summed E-state index contributed by atoms with van der Waals surface area (Å²) in [5, 5.41) is 2.89. The normalized spacial score (nSPS) is 10.2. The molecule has 0 heterocycles. The van der Waals surface area contributed by atoms with Gasteiger partial charge in [0.15, 0.2) is 11.5 Å². The summed E-state index contributed by atoms with van der Waals surface area (Å²) >= 11 is 0. The molecule has 0 aliphatic rings. The Morgan fingerprint density at radius 1 is 1.15 bits per heavy atom. The predicted molar refractivity (Wildman–Crippen MR) is 80.6 cm³/mol. The van der Waals surface area contributed by atoms with Crippen LogP contribution >= 0.6 is 0 Å². The third kappa shape index (κ3) is 5.11. The fourth-order valence-electron chi connectivity index (χ4n) is 1.74. The highest BCUT2D eigenvalue weighted by atomic mass is 16.5. The van der Waals surface area contributed by atoms with Gasteiger partial charge in [-0.05, 0) is 31.0 Å². The maximum absolute atomic E-state index is 12.0. The number of hydrogen-bond acceptors (Lipinski definition) is 3. The van der Waals surface area contributed by atoms with E-state index in [0.29, 0.717) is 30.2 Å². The number of amides is 1. The molecular formula is C16H25NO3. The van der Waals surface area contributed by atoms with E-state index in [2.05, 4.69) is 19.2 Å². The van der Waals surface area contributed by atoms with Gasteiger partial charge in [-0.3, -0.25) is 4.79 Å². The molecule has 0 saturated carbocycles. The second-order valence-corrected chi connectivity index (χ2v) is 4.68. The summed E-state index contributed by atoms with van der Waals surface area (Å²) in [7, 11) is 1.58. The molecule has 0 radical (unpaired) electrons. The van der Waals surface area contributed by atoms with Crippen LogP contribution in [0.5, 0.6) is 11.5 Å². The van der Waals surface area contributed by atoms with Crippen LogP contribution in [0.15, 0.2) is 18.2 Å². The van der Waals surface area contributed by atoms with Crippen LogP contribution < -0.4 is 14.8 Å². The minimum atomic E-state index is -0.0724. The second-order valence-electron chi connectivity index (χ2n) is 4.68. The predicted octanol–water partition coefficient (Wildman–Crippen LogP) is 3.40. The minimum Gasteiger partial charge on any atom is -0.493 e. The Morgan fingerprint density at radius 3 is 2.55 bits per heavy atom. The highest BCUT2D eigenvalue weighted by Crippen LogP contribution is 2.28. The molecule has 1 amide bonds. The Kier molecular flexibility index (Phi) is 7.55. The third-order valence-corrected chi connectivity index (χ3v) is 3.00. The lowest BCUT2D eigenvalue weighted by molar-refractivity contribution is 0.0952. The highest BCUT2D eigenvalue weighted by Gasteiger charge is 2.10. The summed E-state index contributed by atoms with van der Waals surface area (Å²) < 4.78 is 10.9. The lowest BCUT2D eigenvalue weighted by atomic mass is 10.2. The zero-order valence-electron chi connectivity index (χ0n) is 12.7. The fraction of sp³-hybridized carbons (Fsp3) is 0.562. The van der Waals surface area contributed by atoms with Crippen LogP contribution in [0, 0.1) is 0 Å². The van der Waals surface area contributed by atoms with Crippen molar-refractivity contribution in [1.29, 1.82) is 0 Å². The Morgan fingerprint density at radius 2 is 1.90 bits per heavy atom. The van der Waals surface area contributed by atoms with E-state index >= 15 is 0 Å². The maximum Gasteiger partial charge on any atom is 0.251 e. The smallest absolute Gasteiger partial charge is 0.251 e.